The lowest BCUT2D eigenvalue weighted by molar-refractivity contribution is -0.143. The Morgan fingerprint density at radius 3 is 2.75 bits per heavy atom. The maximum Gasteiger partial charge on any atom is 0.451 e. The summed E-state index contributed by atoms with van der Waals surface area (Å²) in [5, 5.41) is 30.1. The van der Waals surface area contributed by atoms with E-state index in [9.17, 15) is 4.79 Å². The first-order chi connectivity index (χ1) is 9.58. The highest BCUT2D eigenvalue weighted by atomic mass is 16.4. The van der Waals surface area contributed by atoms with Crippen LogP contribution in [0, 0.1) is 5.92 Å². The van der Waals surface area contributed by atoms with Crippen molar-refractivity contribution in [3.8, 4) is 0 Å². The molecule has 114 valence electrons. The standard InChI is InChI=1S/C13H25BN2O4/c17-13(18)10-4-5-12-11(8-10)15-9-16(12)7-3-1-2-6-14(19)20/h10-12,15,19-20H,1-9H2,(H,17,18). The Bertz CT molecular complexity index is 329. The average Bonchev–Trinajstić information content (AvgIpc) is 2.80. The van der Waals surface area contributed by atoms with Crippen molar-refractivity contribution in [2.24, 2.45) is 5.92 Å². The highest BCUT2D eigenvalue weighted by Gasteiger charge is 2.40. The molecule has 1 saturated heterocycles. The lowest BCUT2D eigenvalue weighted by atomic mass is 9.82. The van der Waals surface area contributed by atoms with Gasteiger partial charge < -0.3 is 15.2 Å². The highest BCUT2D eigenvalue weighted by Crippen LogP contribution is 2.31. The van der Waals surface area contributed by atoms with Gasteiger partial charge in [0.1, 0.15) is 0 Å². The van der Waals surface area contributed by atoms with Gasteiger partial charge in [0.05, 0.1) is 5.92 Å². The van der Waals surface area contributed by atoms with Gasteiger partial charge in [0.2, 0.25) is 0 Å². The van der Waals surface area contributed by atoms with Crippen molar-refractivity contribution in [3.63, 3.8) is 0 Å². The summed E-state index contributed by atoms with van der Waals surface area (Å²) in [6.45, 7) is 1.86. The molecule has 3 atom stereocenters. The fourth-order valence-electron chi connectivity index (χ4n) is 3.45. The molecule has 7 heteroatoms. The van der Waals surface area contributed by atoms with Crippen LogP contribution in [0.1, 0.15) is 38.5 Å². The zero-order valence-electron chi connectivity index (χ0n) is 11.9. The van der Waals surface area contributed by atoms with E-state index in [4.69, 9.17) is 15.2 Å². The van der Waals surface area contributed by atoms with E-state index in [1.54, 1.807) is 0 Å². The van der Waals surface area contributed by atoms with Crippen molar-refractivity contribution in [1.82, 2.24) is 10.2 Å². The van der Waals surface area contributed by atoms with Crippen LogP contribution in [0.5, 0.6) is 0 Å². The number of carboxylic acid groups (broad SMARTS) is 1. The van der Waals surface area contributed by atoms with E-state index in [2.05, 4.69) is 10.2 Å². The quantitative estimate of drug-likeness (QED) is 0.392. The van der Waals surface area contributed by atoms with Gasteiger partial charge in [-0.05, 0) is 38.5 Å². The molecule has 0 spiro atoms. The van der Waals surface area contributed by atoms with Crippen molar-refractivity contribution in [3.05, 3.63) is 0 Å². The first-order valence-corrected chi connectivity index (χ1v) is 7.64. The molecule has 20 heavy (non-hydrogen) atoms. The van der Waals surface area contributed by atoms with Crippen LogP contribution < -0.4 is 5.32 Å². The molecular formula is C13H25BN2O4. The van der Waals surface area contributed by atoms with E-state index in [1.165, 1.54) is 0 Å². The number of nitrogens with one attached hydrogen (secondary N) is 1. The van der Waals surface area contributed by atoms with Gasteiger partial charge in [-0.3, -0.25) is 15.0 Å². The van der Waals surface area contributed by atoms with Gasteiger partial charge >= 0.3 is 13.1 Å². The van der Waals surface area contributed by atoms with Crippen LogP contribution >= 0.6 is 0 Å². The van der Waals surface area contributed by atoms with Crippen LogP contribution in [0.15, 0.2) is 0 Å². The highest BCUT2D eigenvalue weighted by molar-refractivity contribution is 6.40. The van der Waals surface area contributed by atoms with E-state index in [-0.39, 0.29) is 5.92 Å². The Hall–Kier alpha value is -0.625. The molecule has 6 nitrogen and oxygen atoms in total. The van der Waals surface area contributed by atoms with Gasteiger partial charge in [-0.15, -0.1) is 0 Å². The third kappa shape index (κ3) is 4.18. The monoisotopic (exact) mass is 284 g/mol. The molecule has 2 aliphatic rings. The van der Waals surface area contributed by atoms with Gasteiger partial charge in [-0.1, -0.05) is 12.8 Å². The summed E-state index contributed by atoms with van der Waals surface area (Å²) in [4.78, 5) is 13.5. The second-order valence-corrected chi connectivity index (χ2v) is 6.03. The molecule has 1 saturated carbocycles. The van der Waals surface area contributed by atoms with Gasteiger partial charge in [0, 0.05) is 18.8 Å². The molecule has 1 aliphatic carbocycles. The zero-order chi connectivity index (χ0) is 14.5. The predicted octanol–water partition coefficient (Wildman–Crippen LogP) is 0.114. The Kier molecular flexibility index (Phi) is 5.83. The third-order valence-electron chi connectivity index (χ3n) is 4.60. The van der Waals surface area contributed by atoms with Crippen LogP contribution in [0.4, 0.5) is 0 Å². The first-order valence-electron chi connectivity index (χ1n) is 7.64. The number of hydrogen-bond donors (Lipinski definition) is 4. The Morgan fingerprint density at radius 2 is 2.05 bits per heavy atom. The van der Waals surface area contributed by atoms with Crippen molar-refractivity contribution in [2.75, 3.05) is 13.2 Å². The fraction of sp³-hybridized carbons (Fsp3) is 0.923. The van der Waals surface area contributed by atoms with Gasteiger partial charge in [-0.25, -0.2) is 0 Å². The number of hydrogen-bond acceptors (Lipinski definition) is 5. The second kappa shape index (κ2) is 7.40. The van der Waals surface area contributed by atoms with Gasteiger partial charge in [0.25, 0.3) is 0 Å². The number of aliphatic carboxylic acids is 1. The summed E-state index contributed by atoms with van der Waals surface area (Å²) in [5.41, 5.74) is 0. The molecule has 0 aromatic rings. The molecule has 3 unspecified atom stereocenters. The van der Waals surface area contributed by atoms with Crippen LogP contribution in [0.2, 0.25) is 6.32 Å². The minimum absolute atomic E-state index is 0.185. The molecule has 1 aliphatic heterocycles. The molecule has 0 bridgehead atoms. The number of carboxylic acids is 1. The summed E-state index contributed by atoms with van der Waals surface area (Å²) >= 11 is 0. The minimum atomic E-state index is -1.18. The second-order valence-electron chi connectivity index (χ2n) is 6.03. The molecule has 0 aromatic heterocycles. The van der Waals surface area contributed by atoms with Crippen molar-refractivity contribution >= 4 is 13.1 Å². The molecule has 0 radical (unpaired) electrons. The lowest BCUT2D eigenvalue weighted by Gasteiger charge is -2.33. The molecule has 2 rings (SSSR count). The molecule has 0 amide bonds. The summed E-state index contributed by atoms with van der Waals surface area (Å²) in [6.07, 6.45) is 5.84. The van der Waals surface area contributed by atoms with Crippen molar-refractivity contribution < 1.29 is 19.9 Å². The first kappa shape index (κ1) is 15.8. The zero-order valence-corrected chi connectivity index (χ0v) is 11.9. The fourth-order valence-corrected chi connectivity index (χ4v) is 3.45. The molecule has 2 fully saturated rings. The Balaban J connectivity index is 1.67. The van der Waals surface area contributed by atoms with Gasteiger partial charge in [-0.2, -0.15) is 0 Å². The van der Waals surface area contributed by atoms with E-state index in [0.29, 0.717) is 18.4 Å². The largest absolute Gasteiger partial charge is 0.481 e. The van der Waals surface area contributed by atoms with Crippen LogP contribution in [-0.4, -0.2) is 58.4 Å². The predicted molar refractivity (Wildman–Crippen MR) is 76.1 cm³/mol. The molecular weight excluding hydrogens is 259 g/mol. The third-order valence-corrected chi connectivity index (χ3v) is 4.60. The topological polar surface area (TPSA) is 93.0 Å². The van der Waals surface area contributed by atoms with Crippen LogP contribution in [-0.2, 0) is 4.79 Å². The van der Waals surface area contributed by atoms with E-state index < -0.39 is 13.1 Å². The maximum atomic E-state index is 11.0. The van der Waals surface area contributed by atoms with Crippen molar-refractivity contribution in [2.45, 2.75) is 56.9 Å². The Labute approximate surface area is 120 Å². The number of carbonyl (C=O) groups is 1. The minimum Gasteiger partial charge on any atom is -0.481 e. The number of rotatable bonds is 7. The number of fused-ring (bicyclic) bond motifs is 1. The number of unbranched alkanes of at least 4 members (excludes halogenated alkanes) is 2. The summed E-state index contributed by atoms with van der Waals surface area (Å²) in [6, 6.07) is 0.804. The summed E-state index contributed by atoms with van der Waals surface area (Å²) in [5.74, 6) is -0.846. The molecule has 0 aromatic carbocycles. The molecule has 1 heterocycles. The molecule has 4 N–H and O–H groups in total. The van der Waals surface area contributed by atoms with Crippen LogP contribution in [0.25, 0.3) is 0 Å². The average molecular weight is 284 g/mol. The van der Waals surface area contributed by atoms with Crippen molar-refractivity contribution in [1.29, 1.82) is 0 Å². The van der Waals surface area contributed by atoms with E-state index >= 15 is 0 Å². The van der Waals surface area contributed by atoms with Crippen LogP contribution in [0.3, 0.4) is 0 Å². The normalized spacial score (nSPS) is 30.2. The summed E-state index contributed by atoms with van der Waals surface area (Å²) in [7, 11) is -1.18. The Morgan fingerprint density at radius 1 is 1.25 bits per heavy atom. The smallest absolute Gasteiger partial charge is 0.451 e. The number of nitrogens with zero attached hydrogens (tertiary/aromatic N) is 1. The SMILES string of the molecule is O=C(O)C1CCC2C(C1)NCN2CCCCCB(O)O. The summed E-state index contributed by atoms with van der Waals surface area (Å²) < 4.78 is 0. The van der Waals surface area contributed by atoms with Gasteiger partial charge in [0.15, 0.2) is 0 Å². The van der Waals surface area contributed by atoms with E-state index in [0.717, 1.165) is 51.7 Å². The maximum absolute atomic E-state index is 11.0. The lowest BCUT2D eigenvalue weighted by Crippen LogP contribution is -2.43. The van der Waals surface area contributed by atoms with E-state index in [1.807, 2.05) is 0 Å².